The van der Waals surface area contributed by atoms with Crippen molar-refractivity contribution < 1.29 is 0 Å². The summed E-state index contributed by atoms with van der Waals surface area (Å²) in [5.41, 5.74) is 2.10. The SMILES string of the molecule is CCn1c(CBr)nnc1-c1ccc(Cl)c(C)c1. The van der Waals surface area contributed by atoms with Gasteiger partial charge < -0.3 is 4.57 Å². The van der Waals surface area contributed by atoms with Crippen LogP contribution in [0.5, 0.6) is 0 Å². The van der Waals surface area contributed by atoms with Gasteiger partial charge in [-0.2, -0.15) is 0 Å². The number of aryl methyl sites for hydroxylation is 1. The molecule has 1 aromatic carbocycles. The topological polar surface area (TPSA) is 30.7 Å². The molecular formula is C12H13BrClN3. The van der Waals surface area contributed by atoms with Gasteiger partial charge in [0.25, 0.3) is 0 Å². The fourth-order valence-electron chi connectivity index (χ4n) is 1.76. The average molecular weight is 315 g/mol. The average Bonchev–Trinajstić information content (AvgIpc) is 2.75. The number of hydrogen-bond donors (Lipinski definition) is 0. The molecule has 3 nitrogen and oxygen atoms in total. The highest BCUT2D eigenvalue weighted by Gasteiger charge is 2.12. The molecule has 5 heteroatoms. The Balaban J connectivity index is 2.52. The maximum atomic E-state index is 6.02. The van der Waals surface area contributed by atoms with Gasteiger partial charge in [0.05, 0.1) is 5.33 Å². The third kappa shape index (κ3) is 2.38. The summed E-state index contributed by atoms with van der Waals surface area (Å²) in [5.74, 6) is 1.83. The van der Waals surface area contributed by atoms with E-state index in [2.05, 4.69) is 37.6 Å². The van der Waals surface area contributed by atoms with Crippen molar-refractivity contribution in [3.05, 3.63) is 34.6 Å². The minimum Gasteiger partial charge on any atom is -0.311 e. The molecule has 2 rings (SSSR count). The first-order chi connectivity index (χ1) is 8.17. The molecule has 17 heavy (non-hydrogen) atoms. The molecule has 0 saturated heterocycles. The first kappa shape index (κ1) is 12.6. The van der Waals surface area contributed by atoms with Crippen LogP contribution in [0.3, 0.4) is 0 Å². The molecule has 0 amide bonds. The normalized spacial score (nSPS) is 10.8. The van der Waals surface area contributed by atoms with Gasteiger partial charge in [0.2, 0.25) is 0 Å². The standard InChI is InChI=1S/C12H13BrClN3/c1-3-17-11(7-13)15-16-12(17)9-4-5-10(14)8(2)6-9/h4-6H,3,7H2,1-2H3. The molecule has 0 aliphatic carbocycles. The van der Waals surface area contributed by atoms with Gasteiger partial charge in [-0.3, -0.25) is 0 Å². The minimum atomic E-state index is 0.709. The molecule has 90 valence electrons. The lowest BCUT2D eigenvalue weighted by Gasteiger charge is -2.07. The molecule has 0 aliphatic heterocycles. The molecular weight excluding hydrogens is 302 g/mol. The van der Waals surface area contributed by atoms with E-state index in [1.807, 2.05) is 25.1 Å². The summed E-state index contributed by atoms with van der Waals surface area (Å²) in [6, 6.07) is 5.91. The third-order valence-corrected chi connectivity index (χ3v) is 3.60. The number of rotatable bonds is 3. The van der Waals surface area contributed by atoms with E-state index in [1.165, 1.54) is 0 Å². The number of halogens is 2. The van der Waals surface area contributed by atoms with Crippen molar-refractivity contribution in [2.45, 2.75) is 25.7 Å². The van der Waals surface area contributed by atoms with Crippen LogP contribution < -0.4 is 0 Å². The zero-order chi connectivity index (χ0) is 12.4. The van der Waals surface area contributed by atoms with Crippen LogP contribution in [0.15, 0.2) is 18.2 Å². The fourth-order valence-corrected chi connectivity index (χ4v) is 2.30. The maximum absolute atomic E-state index is 6.02. The van der Waals surface area contributed by atoms with Crippen LogP contribution in [0.2, 0.25) is 5.02 Å². The van der Waals surface area contributed by atoms with Crippen molar-refractivity contribution in [1.29, 1.82) is 0 Å². The quantitative estimate of drug-likeness (QED) is 0.806. The van der Waals surface area contributed by atoms with Crippen molar-refractivity contribution in [3.8, 4) is 11.4 Å². The second kappa shape index (κ2) is 5.19. The van der Waals surface area contributed by atoms with Crippen LogP contribution in [0.25, 0.3) is 11.4 Å². The molecule has 0 bridgehead atoms. The molecule has 0 saturated carbocycles. The van der Waals surface area contributed by atoms with E-state index >= 15 is 0 Å². The molecule has 0 aliphatic rings. The van der Waals surface area contributed by atoms with E-state index in [-0.39, 0.29) is 0 Å². The van der Waals surface area contributed by atoms with Gasteiger partial charge in [0.1, 0.15) is 5.82 Å². The second-order valence-electron chi connectivity index (χ2n) is 3.78. The summed E-state index contributed by atoms with van der Waals surface area (Å²) in [4.78, 5) is 0. The highest BCUT2D eigenvalue weighted by atomic mass is 79.9. The van der Waals surface area contributed by atoms with Crippen molar-refractivity contribution in [3.63, 3.8) is 0 Å². The Morgan fingerprint density at radius 3 is 2.71 bits per heavy atom. The molecule has 0 atom stereocenters. The van der Waals surface area contributed by atoms with Crippen molar-refractivity contribution >= 4 is 27.5 Å². The van der Waals surface area contributed by atoms with E-state index in [1.54, 1.807) is 0 Å². The first-order valence-electron chi connectivity index (χ1n) is 5.42. The minimum absolute atomic E-state index is 0.709. The Morgan fingerprint density at radius 1 is 1.35 bits per heavy atom. The van der Waals surface area contributed by atoms with Crippen LogP contribution in [-0.4, -0.2) is 14.8 Å². The molecule has 1 aromatic heterocycles. The van der Waals surface area contributed by atoms with Crippen molar-refractivity contribution in [2.75, 3.05) is 0 Å². The lowest BCUT2D eigenvalue weighted by molar-refractivity contribution is 0.733. The number of benzene rings is 1. The van der Waals surface area contributed by atoms with E-state index in [0.717, 1.165) is 34.3 Å². The van der Waals surface area contributed by atoms with Gasteiger partial charge in [0, 0.05) is 17.1 Å². The number of aromatic nitrogens is 3. The van der Waals surface area contributed by atoms with Gasteiger partial charge in [-0.15, -0.1) is 10.2 Å². The lowest BCUT2D eigenvalue weighted by Crippen LogP contribution is -2.01. The maximum Gasteiger partial charge on any atom is 0.163 e. The van der Waals surface area contributed by atoms with Gasteiger partial charge in [-0.05, 0) is 37.6 Å². The Bertz CT molecular complexity index is 537. The second-order valence-corrected chi connectivity index (χ2v) is 4.75. The smallest absolute Gasteiger partial charge is 0.163 e. The summed E-state index contributed by atoms with van der Waals surface area (Å²) >= 11 is 9.44. The van der Waals surface area contributed by atoms with Gasteiger partial charge in [-0.25, -0.2) is 0 Å². The molecule has 1 heterocycles. The predicted molar refractivity (Wildman–Crippen MR) is 73.5 cm³/mol. The third-order valence-electron chi connectivity index (χ3n) is 2.68. The van der Waals surface area contributed by atoms with Gasteiger partial charge in [-0.1, -0.05) is 27.5 Å². The number of alkyl halides is 1. The van der Waals surface area contributed by atoms with E-state index in [9.17, 15) is 0 Å². The van der Waals surface area contributed by atoms with E-state index in [0.29, 0.717) is 5.33 Å². The summed E-state index contributed by atoms with van der Waals surface area (Å²) in [6.45, 7) is 4.93. The molecule has 0 unspecified atom stereocenters. The lowest BCUT2D eigenvalue weighted by atomic mass is 10.1. The highest BCUT2D eigenvalue weighted by molar-refractivity contribution is 9.08. The molecule has 0 fully saturated rings. The van der Waals surface area contributed by atoms with Crippen molar-refractivity contribution in [2.24, 2.45) is 0 Å². The monoisotopic (exact) mass is 313 g/mol. The summed E-state index contributed by atoms with van der Waals surface area (Å²) < 4.78 is 2.09. The molecule has 0 N–H and O–H groups in total. The predicted octanol–water partition coefficient (Wildman–Crippen LogP) is 3.82. The Labute approximate surface area is 114 Å². The zero-order valence-corrected chi connectivity index (χ0v) is 12.1. The number of nitrogens with zero attached hydrogens (tertiary/aromatic N) is 3. The summed E-state index contributed by atoms with van der Waals surface area (Å²) in [7, 11) is 0. The zero-order valence-electron chi connectivity index (χ0n) is 9.74. The molecule has 0 radical (unpaired) electrons. The molecule has 0 spiro atoms. The van der Waals surface area contributed by atoms with Crippen LogP contribution >= 0.6 is 27.5 Å². The van der Waals surface area contributed by atoms with Crippen LogP contribution in [0.4, 0.5) is 0 Å². The molecule has 2 aromatic rings. The number of hydrogen-bond acceptors (Lipinski definition) is 2. The van der Waals surface area contributed by atoms with Gasteiger partial charge in [0.15, 0.2) is 5.82 Å². The van der Waals surface area contributed by atoms with Gasteiger partial charge >= 0.3 is 0 Å². The highest BCUT2D eigenvalue weighted by Crippen LogP contribution is 2.24. The Hall–Kier alpha value is -0.870. The van der Waals surface area contributed by atoms with E-state index < -0.39 is 0 Å². The summed E-state index contributed by atoms with van der Waals surface area (Å²) in [5, 5.41) is 9.89. The van der Waals surface area contributed by atoms with Crippen molar-refractivity contribution in [1.82, 2.24) is 14.8 Å². The first-order valence-corrected chi connectivity index (χ1v) is 6.92. The van der Waals surface area contributed by atoms with Crippen LogP contribution in [0.1, 0.15) is 18.3 Å². The van der Waals surface area contributed by atoms with Crippen LogP contribution in [-0.2, 0) is 11.9 Å². The fraction of sp³-hybridized carbons (Fsp3) is 0.333. The Morgan fingerprint density at radius 2 is 2.12 bits per heavy atom. The summed E-state index contributed by atoms with van der Waals surface area (Å²) in [6.07, 6.45) is 0. The van der Waals surface area contributed by atoms with Crippen LogP contribution in [0, 0.1) is 6.92 Å². The Kier molecular flexibility index (Phi) is 3.84. The largest absolute Gasteiger partial charge is 0.311 e. The van der Waals surface area contributed by atoms with E-state index in [4.69, 9.17) is 11.6 Å².